The van der Waals surface area contributed by atoms with E-state index >= 15 is 0 Å². The van der Waals surface area contributed by atoms with E-state index in [9.17, 15) is 14.7 Å². The molecule has 0 bridgehead atoms. The zero-order chi connectivity index (χ0) is 17.3. The number of halogens is 1. The summed E-state index contributed by atoms with van der Waals surface area (Å²) in [5.41, 5.74) is 1.75. The van der Waals surface area contributed by atoms with E-state index < -0.39 is 0 Å². The van der Waals surface area contributed by atoms with Crippen molar-refractivity contribution in [2.75, 3.05) is 6.61 Å². The lowest BCUT2D eigenvalue weighted by atomic mass is 10.0. The number of nitrogens with zero attached hydrogens (tertiary/aromatic N) is 2. The number of carbonyl (C=O) groups excluding carboxylic acids is 1. The predicted octanol–water partition coefficient (Wildman–Crippen LogP) is 1.78. The smallest absolute Gasteiger partial charge is 0.328 e. The van der Waals surface area contributed by atoms with E-state index in [1.165, 1.54) is 9.13 Å². The number of carbonyl (C=O) groups is 1. The Labute approximate surface area is 143 Å². The molecule has 1 heterocycles. The van der Waals surface area contributed by atoms with Crippen LogP contribution in [0.1, 0.15) is 30.6 Å². The van der Waals surface area contributed by atoms with Crippen LogP contribution in [-0.4, -0.2) is 32.8 Å². The van der Waals surface area contributed by atoms with Gasteiger partial charge in [-0.1, -0.05) is 13.8 Å². The molecule has 2 rings (SSSR count). The first-order valence-electron chi connectivity index (χ1n) is 7.53. The van der Waals surface area contributed by atoms with Crippen molar-refractivity contribution >= 4 is 32.9 Å². The van der Waals surface area contributed by atoms with Crippen molar-refractivity contribution in [2.45, 2.75) is 26.3 Å². The summed E-state index contributed by atoms with van der Waals surface area (Å²) in [5.74, 6) is 0.100. The van der Waals surface area contributed by atoms with Crippen LogP contribution in [0.3, 0.4) is 0 Å². The number of aryl methyl sites for hydroxylation is 2. The second-order valence-corrected chi connectivity index (χ2v) is 7.06. The molecule has 126 valence electrons. The number of aromatic nitrogens is 2. The largest absolute Gasteiger partial charge is 0.394 e. The topological polar surface area (TPSA) is 76.3 Å². The minimum Gasteiger partial charge on any atom is -0.394 e. The highest BCUT2D eigenvalue weighted by Crippen LogP contribution is 2.24. The van der Waals surface area contributed by atoms with Crippen molar-refractivity contribution in [2.24, 2.45) is 20.0 Å². The van der Waals surface area contributed by atoms with Crippen LogP contribution in [0.15, 0.2) is 21.4 Å². The van der Waals surface area contributed by atoms with Crippen molar-refractivity contribution in [1.29, 1.82) is 0 Å². The molecule has 1 aromatic carbocycles. The zero-order valence-corrected chi connectivity index (χ0v) is 15.3. The van der Waals surface area contributed by atoms with Gasteiger partial charge in [-0.05, 0) is 40.4 Å². The Bertz CT molecular complexity index is 792. The van der Waals surface area contributed by atoms with Crippen LogP contribution in [0.4, 0.5) is 0 Å². The second-order valence-electron chi connectivity index (χ2n) is 6.20. The summed E-state index contributed by atoms with van der Waals surface area (Å²) in [6, 6.07) is 3.17. The van der Waals surface area contributed by atoms with Crippen LogP contribution >= 0.6 is 15.9 Å². The Morgan fingerprint density at radius 3 is 2.35 bits per heavy atom. The fraction of sp³-hybridized carbons (Fsp3) is 0.500. The molecular weight excluding hydrogens is 362 g/mol. The van der Waals surface area contributed by atoms with Gasteiger partial charge in [-0.15, -0.1) is 0 Å². The number of fused-ring (bicyclic) bond motifs is 1. The van der Waals surface area contributed by atoms with E-state index in [1.807, 2.05) is 13.8 Å². The fourth-order valence-electron chi connectivity index (χ4n) is 2.71. The van der Waals surface area contributed by atoms with Crippen molar-refractivity contribution in [1.82, 2.24) is 14.5 Å². The van der Waals surface area contributed by atoms with Gasteiger partial charge in [-0.25, -0.2) is 4.79 Å². The molecule has 0 saturated heterocycles. The monoisotopic (exact) mass is 383 g/mol. The third-order valence-electron chi connectivity index (χ3n) is 3.92. The maximum Gasteiger partial charge on any atom is 0.328 e. The number of amides is 1. The molecule has 2 N–H and O–H groups in total. The maximum atomic E-state index is 12.5. The van der Waals surface area contributed by atoms with E-state index in [2.05, 4.69) is 21.2 Å². The molecule has 0 saturated carbocycles. The highest BCUT2D eigenvalue weighted by atomic mass is 79.9. The average Bonchev–Trinajstić information content (AvgIpc) is 2.69. The van der Waals surface area contributed by atoms with Crippen LogP contribution in [0.5, 0.6) is 0 Å². The van der Waals surface area contributed by atoms with Crippen LogP contribution in [0, 0.1) is 5.92 Å². The van der Waals surface area contributed by atoms with E-state index in [0.29, 0.717) is 27.9 Å². The number of benzene rings is 1. The van der Waals surface area contributed by atoms with Crippen LogP contribution in [-0.2, 0) is 14.1 Å². The van der Waals surface area contributed by atoms with Crippen LogP contribution in [0.25, 0.3) is 11.0 Å². The third kappa shape index (κ3) is 3.50. The number of imidazole rings is 1. The molecule has 0 radical (unpaired) electrons. The van der Waals surface area contributed by atoms with Gasteiger partial charge in [0.25, 0.3) is 5.91 Å². The minimum atomic E-state index is -0.287. The zero-order valence-electron chi connectivity index (χ0n) is 13.8. The molecule has 0 aliphatic rings. The Balaban J connectivity index is 2.39. The maximum absolute atomic E-state index is 12.5. The summed E-state index contributed by atoms with van der Waals surface area (Å²) in [5, 5.41) is 12.3. The van der Waals surface area contributed by atoms with Gasteiger partial charge in [-0.2, -0.15) is 0 Å². The van der Waals surface area contributed by atoms with E-state index in [4.69, 9.17) is 0 Å². The van der Waals surface area contributed by atoms with Crippen LogP contribution in [0.2, 0.25) is 0 Å². The number of hydrogen-bond acceptors (Lipinski definition) is 3. The first-order chi connectivity index (χ1) is 10.8. The molecule has 0 spiro atoms. The average molecular weight is 384 g/mol. The van der Waals surface area contributed by atoms with Gasteiger partial charge in [0.05, 0.1) is 29.2 Å². The Hall–Kier alpha value is -1.60. The number of aliphatic hydroxyl groups is 1. The molecule has 1 amide bonds. The third-order valence-corrected chi connectivity index (χ3v) is 4.57. The molecular formula is C16H22BrN3O3. The number of nitrogens with one attached hydrogen (secondary N) is 1. The SMILES string of the molecule is CC(C)CC(CO)NC(=O)c1cc2c(cc1Br)n(C)c(=O)n2C. The highest BCUT2D eigenvalue weighted by molar-refractivity contribution is 9.10. The highest BCUT2D eigenvalue weighted by Gasteiger charge is 2.19. The molecule has 23 heavy (non-hydrogen) atoms. The van der Waals surface area contributed by atoms with E-state index in [-0.39, 0.29) is 24.2 Å². The fourth-order valence-corrected chi connectivity index (χ4v) is 3.22. The van der Waals surface area contributed by atoms with Crippen molar-refractivity contribution < 1.29 is 9.90 Å². The summed E-state index contributed by atoms with van der Waals surface area (Å²) in [4.78, 5) is 24.5. The molecule has 6 nitrogen and oxygen atoms in total. The molecule has 7 heteroatoms. The molecule has 0 aliphatic carbocycles. The lowest BCUT2D eigenvalue weighted by Gasteiger charge is -2.18. The van der Waals surface area contributed by atoms with E-state index in [1.54, 1.807) is 26.2 Å². The Morgan fingerprint density at radius 2 is 1.83 bits per heavy atom. The van der Waals surface area contributed by atoms with Gasteiger partial charge in [0.15, 0.2) is 0 Å². The summed E-state index contributed by atoms with van der Waals surface area (Å²) in [6.45, 7) is 3.97. The van der Waals surface area contributed by atoms with Crippen molar-refractivity contribution in [3.63, 3.8) is 0 Å². The summed E-state index contributed by atoms with van der Waals surface area (Å²) in [7, 11) is 3.37. The number of rotatable bonds is 5. The molecule has 1 atom stereocenters. The van der Waals surface area contributed by atoms with Gasteiger partial charge >= 0.3 is 5.69 Å². The Kier molecular flexibility index (Phi) is 5.31. The summed E-state index contributed by atoms with van der Waals surface area (Å²) < 4.78 is 3.66. The quantitative estimate of drug-likeness (QED) is 0.825. The van der Waals surface area contributed by atoms with E-state index in [0.717, 1.165) is 5.52 Å². The molecule has 0 fully saturated rings. The molecule has 1 aromatic heterocycles. The lowest BCUT2D eigenvalue weighted by molar-refractivity contribution is 0.0907. The van der Waals surface area contributed by atoms with Crippen molar-refractivity contribution in [3.05, 3.63) is 32.7 Å². The molecule has 2 aromatic rings. The van der Waals surface area contributed by atoms with Crippen LogP contribution < -0.4 is 11.0 Å². The molecule has 0 aliphatic heterocycles. The Morgan fingerprint density at radius 1 is 1.26 bits per heavy atom. The van der Waals surface area contributed by atoms with Gasteiger partial charge in [0.2, 0.25) is 0 Å². The minimum absolute atomic E-state index is 0.104. The van der Waals surface area contributed by atoms with Gasteiger partial charge in [0.1, 0.15) is 0 Å². The first kappa shape index (κ1) is 17.7. The lowest BCUT2D eigenvalue weighted by Crippen LogP contribution is -2.38. The van der Waals surface area contributed by atoms with Gasteiger partial charge in [-0.3, -0.25) is 13.9 Å². The standard InChI is InChI=1S/C16H22BrN3O3/c1-9(2)5-10(8-21)18-15(22)11-6-13-14(7-12(11)17)20(4)16(23)19(13)3/h6-7,9-10,21H,5,8H2,1-4H3,(H,18,22). The first-order valence-corrected chi connectivity index (χ1v) is 8.32. The van der Waals surface area contributed by atoms with Crippen molar-refractivity contribution in [3.8, 4) is 0 Å². The molecule has 1 unspecified atom stereocenters. The summed E-state index contributed by atoms with van der Waals surface area (Å²) in [6.07, 6.45) is 0.700. The number of hydrogen-bond donors (Lipinski definition) is 2. The van der Waals surface area contributed by atoms with Gasteiger partial charge in [0, 0.05) is 18.6 Å². The van der Waals surface area contributed by atoms with Gasteiger partial charge < -0.3 is 10.4 Å². The predicted molar refractivity (Wildman–Crippen MR) is 93.7 cm³/mol. The second kappa shape index (κ2) is 6.88. The summed E-state index contributed by atoms with van der Waals surface area (Å²) >= 11 is 3.40. The normalized spacial score (nSPS) is 12.8. The number of aliphatic hydroxyl groups excluding tert-OH is 1.